The standard InChI is InChI=1S/C16H16ClNO3/c1-8-3-2-4-11(17)14(8)18-15(19)12-9-5-6-10(7-9)13(12)16(20)21/h2-6,9-10,12-13H,7H2,1H3,(H,18,19)(H,20,21)/p-1/t9-,10+,12+,13+/m1/s1. The van der Waals surface area contributed by atoms with Crippen molar-refractivity contribution in [2.45, 2.75) is 13.3 Å². The summed E-state index contributed by atoms with van der Waals surface area (Å²) in [6.45, 7) is 1.85. The number of carboxylic acids is 1. The lowest BCUT2D eigenvalue weighted by molar-refractivity contribution is -0.313. The smallest absolute Gasteiger partial charge is 0.228 e. The quantitative estimate of drug-likeness (QED) is 0.865. The normalized spacial score (nSPS) is 29.6. The third kappa shape index (κ3) is 2.33. The van der Waals surface area contributed by atoms with Crippen molar-refractivity contribution < 1.29 is 14.7 Å². The van der Waals surface area contributed by atoms with Gasteiger partial charge in [0.25, 0.3) is 0 Å². The maximum Gasteiger partial charge on any atom is 0.228 e. The lowest BCUT2D eigenvalue weighted by atomic mass is 9.82. The van der Waals surface area contributed by atoms with E-state index >= 15 is 0 Å². The first-order valence-corrected chi connectivity index (χ1v) is 7.32. The Kier molecular flexibility index (Phi) is 3.49. The van der Waals surface area contributed by atoms with Crippen molar-refractivity contribution in [2.24, 2.45) is 23.7 Å². The minimum absolute atomic E-state index is 0.0271. The van der Waals surface area contributed by atoms with Crippen LogP contribution in [-0.2, 0) is 9.59 Å². The summed E-state index contributed by atoms with van der Waals surface area (Å²) in [7, 11) is 0. The number of hydrogen-bond donors (Lipinski definition) is 1. The number of para-hydroxylation sites is 1. The number of amides is 1. The highest BCUT2D eigenvalue weighted by atomic mass is 35.5. The van der Waals surface area contributed by atoms with E-state index in [0.717, 1.165) is 5.56 Å². The topological polar surface area (TPSA) is 69.2 Å². The average molecular weight is 305 g/mol. The molecule has 1 aromatic rings. The van der Waals surface area contributed by atoms with Gasteiger partial charge in [-0.1, -0.05) is 35.9 Å². The van der Waals surface area contributed by atoms with Crippen LogP contribution in [0.2, 0.25) is 5.02 Å². The summed E-state index contributed by atoms with van der Waals surface area (Å²) in [5.41, 5.74) is 1.40. The number of carboxylic acid groups (broad SMARTS) is 1. The fourth-order valence-electron chi connectivity index (χ4n) is 3.50. The van der Waals surface area contributed by atoms with Crippen LogP contribution in [0.3, 0.4) is 0 Å². The molecule has 21 heavy (non-hydrogen) atoms. The van der Waals surface area contributed by atoms with Crippen LogP contribution in [0.1, 0.15) is 12.0 Å². The summed E-state index contributed by atoms with van der Waals surface area (Å²) in [5.74, 6) is -2.90. The number of fused-ring (bicyclic) bond motifs is 2. The van der Waals surface area contributed by atoms with E-state index in [2.05, 4.69) is 5.32 Å². The van der Waals surface area contributed by atoms with Gasteiger partial charge in [0.15, 0.2) is 0 Å². The van der Waals surface area contributed by atoms with E-state index in [1.165, 1.54) is 0 Å². The highest BCUT2D eigenvalue weighted by Gasteiger charge is 2.48. The van der Waals surface area contributed by atoms with Crippen LogP contribution in [-0.4, -0.2) is 11.9 Å². The first kappa shape index (κ1) is 14.1. The largest absolute Gasteiger partial charge is 0.550 e. The second kappa shape index (κ2) is 5.19. The highest BCUT2D eigenvalue weighted by Crippen LogP contribution is 2.48. The Bertz CT molecular complexity index is 620. The van der Waals surface area contributed by atoms with Gasteiger partial charge in [0.05, 0.1) is 16.6 Å². The maximum atomic E-state index is 12.5. The Morgan fingerprint density at radius 3 is 2.52 bits per heavy atom. The minimum Gasteiger partial charge on any atom is -0.550 e. The molecule has 1 fully saturated rings. The fraction of sp³-hybridized carbons (Fsp3) is 0.375. The van der Waals surface area contributed by atoms with Gasteiger partial charge in [0, 0.05) is 11.9 Å². The number of rotatable bonds is 3. The number of nitrogens with one attached hydrogen (secondary N) is 1. The number of hydrogen-bond acceptors (Lipinski definition) is 3. The Morgan fingerprint density at radius 1 is 1.24 bits per heavy atom. The lowest BCUT2D eigenvalue weighted by Gasteiger charge is -2.28. The molecule has 4 atom stereocenters. The van der Waals surface area contributed by atoms with Gasteiger partial charge in [-0.2, -0.15) is 0 Å². The number of aryl methyl sites for hydroxylation is 1. The molecule has 2 aliphatic rings. The predicted octanol–water partition coefficient (Wildman–Crippen LogP) is 1.78. The van der Waals surface area contributed by atoms with Crippen LogP contribution >= 0.6 is 11.6 Å². The second-order valence-electron chi connectivity index (χ2n) is 5.74. The van der Waals surface area contributed by atoms with Crippen LogP contribution in [0, 0.1) is 30.6 Å². The molecule has 2 bridgehead atoms. The maximum absolute atomic E-state index is 12.5. The van der Waals surface area contributed by atoms with Gasteiger partial charge in [-0.3, -0.25) is 4.79 Å². The van der Waals surface area contributed by atoms with Crippen molar-refractivity contribution in [3.05, 3.63) is 40.9 Å². The molecule has 0 aliphatic heterocycles. The monoisotopic (exact) mass is 304 g/mol. The van der Waals surface area contributed by atoms with E-state index < -0.39 is 17.8 Å². The highest BCUT2D eigenvalue weighted by molar-refractivity contribution is 6.34. The van der Waals surface area contributed by atoms with Gasteiger partial charge in [-0.05, 0) is 36.8 Å². The summed E-state index contributed by atoms with van der Waals surface area (Å²) < 4.78 is 0. The van der Waals surface area contributed by atoms with Crippen molar-refractivity contribution in [1.82, 2.24) is 0 Å². The molecule has 0 radical (unpaired) electrons. The molecule has 1 N–H and O–H groups in total. The van der Waals surface area contributed by atoms with Crippen LogP contribution in [0.4, 0.5) is 5.69 Å². The first-order valence-electron chi connectivity index (χ1n) is 6.94. The number of aliphatic carboxylic acids is 1. The summed E-state index contributed by atoms with van der Waals surface area (Å²) in [4.78, 5) is 23.9. The first-order chi connectivity index (χ1) is 9.99. The second-order valence-corrected chi connectivity index (χ2v) is 6.15. The van der Waals surface area contributed by atoms with E-state index in [-0.39, 0.29) is 17.7 Å². The van der Waals surface area contributed by atoms with Gasteiger partial charge in [-0.15, -0.1) is 0 Å². The van der Waals surface area contributed by atoms with Crippen LogP contribution in [0.25, 0.3) is 0 Å². The Hall–Kier alpha value is -1.81. The zero-order valence-corrected chi connectivity index (χ0v) is 12.3. The summed E-state index contributed by atoms with van der Waals surface area (Å²) >= 11 is 6.10. The molecular formula is C16H15ClNO3-. The molecule has 1 aromatic carbocycles. The summed E-state index contributed by atoms with van der Waals surface area (Å²) in [6.07, 6.45) is 4.53. The van der Waals surface area contributed by atoms with E-state index in [1.807, 2.05) is 25.1 Å². The fourth-order valence-corrected chi connectivity index (χ4v) is 3.77. The third-order valence-electron chi connectivity index (χ3n) is 4.50. The molecule has 0 spiro atoms. The van der Waals surface area contributed by atoms with Gasteiger partial charge in [0.2, 0.25) is 5.91 Å². The van der Waals surface area contributed by atoms with E-state index in [9.17, 15) is 14.7 Å². The van der Waals surface area contributed by atoms with Crippen molar-refractivity contribution in [3.63, 3.8) is 0 Å². The van der Waals surface area contributed by atoms with Crippen LogP contribution in [0.15, 0.2) is 30.4 Å². The zero-order valence-electron chi connectivity index (χ0n) is 11.5. The van der Waals surface area contributed by atoms with Crippen molar-refractivity contribution in [3.8, 4) is 0 Å². The van der Waals surface area contributed by atoms with Crippen LogP contribution < -0.4 is 10.4 Å². The van der Waals surface area contributed by atoms with E-state index in [1.54, 1.807) is 12.1 Å². The Labute approximate surface area is 127 Å². The molecule has 4 nitrogen and oxygen atoms in total. The molecule has 5 heteroatoms. The number of benzene rings is 1. The average Bonchev–Trinajstić information content (AvgIpc) is 3.03. The third-order valence-corrected chi connectivity index (χ3v) is 4.82. The number of carbonyl (C=O) groups is 2. The lowest BCUT2D eigenvalue weighted by Crippen LogP contribution is -2.43. The van der Waals surface area contributed by atoms with Crippen molar-refractivity contribution in [2.75, 3.05) is 5.32 Å². The minimum atomic E-state index is -1.15. The van der Waals surface area contributed by atoms with E-state index in [4.69, 9.17) is 11.6 Å². The van der Waals surface area contributed by atoms with Crippen LogP contribution in [0.5, 0.6) is 0 Å². The molecule has 2 aliphatic carbocycles. The molecule has 1 saturated carbocycles. The number of anilines is 1. The number of halogens is 1. The zero-order chi connectivity index (χ0) is 15.1. The molecule has 0 heterocycles. The molecular weight excluding hydrogens is 290 g/mol. The van der Waals surface area contributed by atoms with Gasteiger partial charge in [-0.25, -0.2) is 0 Å². The van der Waals surface area contributed by atoms with Crippen molar-refractivity contribution >= 4 is 29.2 Å². The van der Waals surface area contributed by atoms with Crippen molar-refractivity contribution in [1.29, 1.82) is 0 Å². The molecule has 0 aromatic heterocycles. The number of carbonyl (C=O) groups excluding carboxylic acids is 2. The van der Waals surface area contributed by atoms with Gasteiger partial charge in [0.1, 0.15) is 0 Å². The molecule has 0 saturated heterocycles. The predicted molar refractivity (Wildman–Crippen MR) is 77.5 cm³/mol. The number of allylic oxidation sites excluding steroid dienone is 2. The summed E-state index contributed by atoms with van der Waals surface area (Å²) in [5, 5.41) is 14.6. The molecule has 3 rings (SSSR count). The SMILES string of the molecule is Cc1cccc(Cl)c1NC(=O)[C@@H]1[C@@H](C(=O)[O-])[C@H]2C=C[C@@H]1C2. The molecule has 110 valence electrons. The molecule has 0 unspecified atom stereocenters. The molecule has 1 amide bonds. The Balaban J connectivity index is 1.85. The van der Waals surface area contributed by atoms with Gasteiger partial charge < -0.3 is 15.2 Å². The van der Waals surface area contributed by atoms with Gasteiger partial charge >= 0.3 is 0 Å². The van der Waals surface area contributed by atoms with E-state index in [0.29, 0.717) is 17.1 Å². The Morgan fingerprint density at radius 2 is 1.90 bits per heavy atom. The summed E-state index contributed by atoms with van der Waals surface area (Å²) in [6, 6.07) is 5.34.